The van der Waals surface area contributed by atoms with E-state index in [0.717, 1.165) is 19.6 Å². The molecule has 0 saturated heterocycles. The van der Waals surface area contributed by atoms with E-state index in [2.05, 4.69) is 41.4 Å². The number of fused-ring (bicyclic) bond motifs is 1. The summed E-state index contributed by atoms with van der Waals surface area (Å²) in [6.07, 6.45) is -0.164. The second kappa shape index (κ2) is 7.62. The monoisotopic (exact) mass is 278 g/mol. The lowest BCUT2D eigenvalue weighted by atomic mass is 10.1. The van der Waals surface area contributed by atoms with E-state index < -0.39 is 0 Å². The van der Waals surface area contributed by atoms with E-state index in [1.807, 2.05) is 13.8 Å². The molecule has 1 aliphatic rings. The van der Waals surface area contributed by atoms with Crippen molar-refractivity contribution in [2.75, 3.05) is 31.2 Å². The van der Waals surface area contributed by atoms with Gasteiger partial charge < -0.3 is 19.7 Å². The Hall–Kier alpha value is -1.10. The Bertz CT molecular complexity index is 405. The zero-order chi connectivity index (χ0) is 14.4. The first-order valence-corrected chi connectivity index (χ1v) is 7.54. The smallest absolute Gasteiger partial charge is 0.174 e. The molecule has 112 valence electrons. The van der Waals surface area contributed by atoms with E-state index in [1.165, 1.54) is 11.3 Å². The first-order valence-electron chi connectivity index (χ1n) is 7.54. The molecular weight excluding hydrogens is 252 g/mol. The van der Waals surface area contributed by atoms with Crippen LogP contribution < -0.4 is 10.2 Å². The molecule has 0 spiro atoms. The maximum atomic E-state index is 5.69. The number of ether oxygens (including phenoxy) is 2. The Morgan fingerprint density at radius 3 is 2.65 bits per heavy atom. The number of rotatable bonds is 6. The minimum Gasteiger partial charge on any atom is -0.365 e. The minimum atomic E-state index is -0.164. The van der Waals surface area contributed by atoms with Gasteiger partial charge in [-0.15, -0.1) is 0 Å². The van der Waals surface area contributed by atoms with Crippen LogP contribution in [0.1, 0.15) is 26.3 Å². The van der Waals surface area contributed by atoms with Gasteiger partial charge in [0.1, 0.15) is 0 Å². The number of anilines is 1. The molecule has 1 heterocycles. The average Bonchev–Trinajstić information content (AvgIpc) is 2.60. The molecule has 2 rings (SSSR count). The molecule has 0 radical (unpaired) electrons. The molecule has 1 aromatic rings. The fraction of sp³-hybridized carbons (Fsp3) is 0.625. The highest BCUT2D eigenvalue weighted by Crippen LogP contribution is 2.23. The van der Waals surface area contributed by atoms with Crippen molar-refractivity contribution in [2.45, 2.75) is 39.6 Å². The van der Waals surface area contributed by atoms with Crippen LogP contribution in [0.4, 0.5) is 5.69 Å². The van der Waals surface area contributed by atoms with Gasteiger partial charge in [0.2, 0.25) is 0 Å². The SMILES string of the molecule is CCOC(CN1CC(C)NCc2ccccc21)OCC. The van der Waals surface area contributed by atoms with Crippen molar-refractivity contribution in [2.24, 2.45) is 0 Å². The second-order valence-corrected chi connectivity index (χ2v) is 5.16. The van der Waals surface area contributed by atoms with E-state index in [1.54, 1.807) is 0 Å². The first kappa shape index (κ1) is 15.3. The third-order valence-corrected chi connectivity index (χ3v) is 3.54. The van der Waals surface area contributed by atoms with Crippen molar-refractivity contribution in [1.29, 1.82) is 0 Å². The molecule has 4 nitrogen and oxygen atoms in total. The number of nitrogens with one attached hydrogen (secondary N) is 1. The normalized spacial score (nSPS) is 19.0. The molecule has 1 atom stereocenters. The molecule has 0 bridgehead atoms. The van der Waals surface area contributed by atoms with E-state index >= 15 is 0 Å². The quantitative estimate of drug-likeness (QED) is 0.810. The number of nitrogens with zero attached hydrogens (tertiary/aromatic N) is 1. The zero-order valence-electron chi connectivity index (χ0n) is 12.8. The molecule has 0 amide bonds. The third kappa shape index (κ3) is 3.95. The largest absolute Gasteiger partial charge is 0.365 e. The molecule has 0 fully saturated rings. The van der Waals surface area contributed by atoms with E-state index in [9.17, 15) is 0 Å². The summed E-state index contributed by atoms with van der Waals surface area (Å²) in [6.45, 7) is 10.2. The van der Waals surface area contributed by atoms with Crippen molar-refractivity contribution in [1.82, 2.24) is 5.32 Å². The predicted molar refractivity (Wildman–Crippen MR) is 82.0 cm³/mol. The Balaban J connectivity index is 2.15. The van der Waals surface area contributed by atoms with Crippen LogP contribution in [0.3, 0.4) is 0 Å². The van der Waals surface area contributed by atoms with Gasteiger partial charge in [0.25, 0.3) is 0 Å². The van der Waals surface area contributed by atoms with Gasteiger partial charge in [0.15, 0.2) is 6.29 Å². The first-order chi connectivity index (χ1) is 9.74. The summed E-state index contributed by atoms with van der Waals surface area (Å²) in [5, 5.41) is 3.54. The molecule has 0 aliphatic carbocycles. The highest BCUT2D eigenvalue weighted by molar-refractivity contribution is 5.54. The second-order valence-electron chi connectivity index (χ2n) is 5.16. The van der Waals surface area contributed by atoms with Gasteiger partial charge in [0.05, 0.1) is 6.54 Å². The van der Waals surface area contributed by atoms with E-state index in [4.69, 9.17) is 9.47 Å². The lowest BCUT2D eigenvalue weighted by Crippen LogP contribution is -2.41. The van der Waals surface area contributed by atoms with Crippen molar-refractivity contribution in [3.05, 3.63) is 29.8 Å². The minimum absolute atomic E-state index is 0.164. The number of benzene rings is 1. The van der Waals surface area contributed by atoms with Gasteiger partial charge in [-0.05, 0) is 32.4 Å². The summed E-state index contributed by atoms with van der Waals surface area (Å²) >= 11 is 0. The summed E-state index contributed by atoms with van der Waals surface area (Å²) in [5.74, 6) is 0. The highest BCUT2D eigenvalue weighted by atomic mass is 16.7. The van der Waals surface area contributed by atoms with Gasteiger partial charge in [-0.3, -0.25) is 0 Å². The van der Waals surface area contributed by atoms with Crippen LogP contribution >= 0.6 is 0 Å². The zero-order valence-corrected chi connectivity index (χ0v) is 12.8. The van der Waals surface area contributed by atoms with Gasteiger partial charge in [-0.2, -0.15) is 0 Å². The van der Waals surface area contributed by atoms with Crippen LogP contribution in [0.15, 0.2) is 24.3 Å². The summed E-state index contributed by atoms with van der Waals surface area (Å²) in [7, 11) is 0. The topological polar surface area (TPSA) is 33.7 Å². The number of para-hydroxylation sites is 1. The summed E-state index contributed by atoms with van der Waals surface area (Å²) < 4.78 is 11.4. The Morgan fingerprint density at radius 1 is 1.25 bits per heavy atom. The highest BCUT2D eigenvalue weighted by Gasteiger charge is 2.22. The third-order valence-electron chi connectivity index (χ3n) is 3.54. The standard InChI is InChI=1S/C16H26N2O2/c1-4-19-16(20-5-2)12-18-11-13(3)17-10-14-8-6-7-9-15(14)18/h6-9,13,16-17H,4-5,10-12H2,1-3H3. The van der Waals surface area contributed by atoms with Crippen LogP contribution in [0.5, 0.6) is 0 Å². The molecule has 1 aliphatic heterocycles. The summed E-state index contributed by atoms with van der Waals surface area (Å²) in [4.78, 5) is 2.37. The Labute approximate surface area is 122 Å². The summed E-state index contributed by atoms with van der Waals surface area (Å²) in [5.41, 5.74) is 2.62. The Morgan fingerprint density at radius 2 is 1.95 bits per heavy atom. The van der Waals surface area contributed by atoms with E-state index in [0.29, 0.717) is 19.3 Å². The van der Waals surface area contributed by atoms with Crippen molar-refractivity contribution < 1.29 is 9.47 Å². The van der Waals surface area contributed by atoms with Gasteiger partial charge in [0, 0.05) is 38.0 Å². The molecule has 0 aromatic heterocycles. The average molecular weight is 278 g/mol. The van der Waals surface area contributed by atoms with Crippen molar-refractivity contribution in [3.63, 3.8) is 0 Å². The lowest BCUT2D eigenvalue weighted by Gasteiger charge is -2.30. The molecule has 1 aromatic carbocycles. The molecule has 4 heteroatoms. The van der Waals surface area contributed by atoms with Crippen molar-refractivity contribution in [3.8, 4) is 0 Å². The maximum absolute atomic E-state index is 5.69. The van der Waals surface area contributed by atoms with Gasteiger partial charge in [-0.25, -0.2) is 0 Å². The van der Waals surface area contributed by atoms with Crippen LogP contribution in [0.2, 0.25) is 0 Å². The summed E-state index contributed by atoms with van der Waals surface area (Å²) in [6, 6.07) is 9.01. The van der Waals surface area contributed by atoms with Crippen LogP contribution in [-0.2, 0) is 16.0 Å². The number of hydrogen-bond donors (Lipinski definition) is 1. The molecule has 20 heavy (non-hydrogen) atoms. The van der Waals surface area contributed by atoms with Gasteiger partial charge >= 0.3 is 0 Å². The fourth-order valence-corrected chi connectivity index (χ4v) is 2.62. The van der Waals surface area contributed by atoms with Crippen molar-refractivity contribution >= 4 is 5.69 Å². The van der Waals surface area contributed by atoms with Crippen LogP contribution in [0.25, 0.3) is 0 Å². The Kier molecular flexibility index (Phi) is 5.83. The molecule has 1 unspecified atom stereocenters. The molecule has 1 N–H and O–H groups in total. The lowest BCUT2D eigenvalue weighted by molar-refractivity contribution is -0.129. The number of hydrogen-bond acceptors (Lipinski definition) is 4. The fourth-order valence-electron chi connectivity index (χ4n) is 2.62. The molecular formula is C16H26N2O2. The van der Waals surface area contributed by atoms with Crippen LogP contribution in [-0.4, -0.2) is 38.6 Å². The van der Waals surface area contributed by atoms with Gasteiger partial charge in [-0.1, -0.05) is 18.2 Å². The van der Waals surface area contributed by atoms with Crippen LogP contribution in [0, 0.1) is 0 Å². The van der Waals surface area contributed by atoms with E-state index in [-0.39, 0.29) is 6.29 Å². The predicted octanol–water partition coefficient (Wildman–Crippen LogP) is 2.38. The molecule has 0 saturated carbocycles. The maximum Gasteiger partial charge on any atom is 0.174 e.